The van der Waals surface area contributed by atoms with Gasteiger partial charge in [-0.15, -0.1) is 11.3 Å². The summed E-state index contributed by atoms with van der Waals surface area (Å²) in [7, 11) is 0. The van der Waals surface area contributed by atoms with E-state index >= 15 is 0 Å². The Kier molecular flexibility index (Phi) is 5.91. The van der Waals surface area contributed by atoms with Crippen molar-refractivity contribution in [1.29, 1.82) is 0 Å². The number of nitrogens with zero attached hydrogens (tertiary/aromatic N) is 2. The van der Waals surface area contributed by atoms with E-state index in [0.717, 1.165) is 25.8 Å². The fourth-order valence-electron chi connectivity index (χ4n) is 3.25. The molecule has 0 bridgehead atoms. The molecule has 134 valence electrons. The van der Waals surface area contributed by atoms with Crippen molar-refractivity contribution >= 4 is 23.2 Å². The van der Waals surface area contributed by atoms with Crippen molar-refractivity contribution < 1.29 is 9.59 Å². The number of hydrogen-bond acceptors (Lipinski definition) is 3. The first-order valence-electron chi connectivity index (χ1n) is 8.93. The maximum atomic E-state index is 13.0. The Morgan fingerprint density at radius 3 is 2.96 bits per heavy atom. The summed E-state index contributed by atoms with van der Waals surface area (Å²) in [5.74, 6) is 0.00724. The third-order valence-electron chi connectivity index (χ3n) is 4.58. The van der Waals surface area contributed by atoms with E-state index in [2.05, 4.69) is 11.4 Å². The molecule has 2 aromatic rings. The van der Waals surface area contributed by atoms with Crippen LogP contribution >= 0.6 is 11.3 Å². The van der Waals surface area contributed by atoms with Crippen LogP contribution in [0.5, 0.6) is 0 Å². The lowest BCUT2D eigenvalue weighted by Gasteiger charge is -2.32. The Morgan fingerprint density at radius 1 is 1.32 bits per heavy atom. The first-order valence-corrected chi connectivity index (χ1v) is 9.81. The maximum absolute atomic E-state index is 13.0. The van der Waals surface area contributed by atoms with Crippen LogP contribution in [0, 0.1) is 5.92 Å². The number of carbonyl (C=O) groups is 2. The molecule has 25 heavy (non-hydrogen) atoms. The highest BCUT2D eigenvalue weighted by Gasteiger charge is 2.29. The molecule has 1 aliphatic rings. The van der Waals surface area contributed by atoms with Crippen LogP contribution in [0.1, 0.15) is 41.6 Å². The zero-order valence-electron chi connectivity index (χ0n) is 14.6. The average molecular weight is 359 g/mol. The van der Waals surface area contributed by atoms with E-state index in [4.69, 9.17) is 0 Å². The minimum atomic E-state index is -0.0926. The van der Waals surface area contributed by atoms with Crippen LogP contribution in [0.2, 0.25) is 0 Å². The second-order valence-electron chi connectivity index (χ2n) is 6.48. The second kappa shape index (κ2) is 8.34. The van der Waals surface area contributed by atoms with Crippen LogP contribution in [0.25, 0.3) is 0 Å². The average Bonchev–Trinajstić information content (AvgIpc) is 3.31. The monoisotopic (exact) mass is 359 g/mol. The molecule has 3 heterocycles. The number of piperidine rings is 1. The lowest BCUT2D eigenvalue weighted by molar-refractivity contribution is -0.126. The van der Waals surface area contributed by atoms with Gasteiger partial charge >= 0.3 is 0 Å². The number of likely N-dealkylation sites (tertiary alicyclic amines) is 1. The standard InChI is InChI=1S/C19H25N3O2S/c1-2-9-20-18(23)15-6-3-11-22(13-15)19(24)17-8-4-10-21(17)14-16-7-5-12-25-16/h4-5,7-8,10,12,15H,2-3,6,9,11,13-14H2,1H3,(H,20,23). The maximum Gasteiger partial charge on any atom is 0.270 e. The van der Waals surface area contributed by atoms with Gasteiger partial charge in [0.05, 0.1) is 12.5 Å². The van der Waals surface area contributed by atoms with Gasteiger partial charge in [0.2, 0.25) is 5.91 Å². The predicted molar refractivity (Wildman–Crippen MR) is 99.8 cm³/mol. The normalized spacial score (nSPS) is 17.5. The summed E-state index contributed by atoms with van der Waals surface area (Å²) in [4.78, 5) is 28.3. The van der Waals surface area contributed by atoms with E-state index in [1.165, 1.54) is 4.88 Å². The number of nitrogens with one attached hydrogen (secondary N) is 1. The largest absolute Gasteiger partial charge is 0.356 e. The van der Waals surface area contributed by atoms with E-state index in [-0.39, 0.29) is 17.7 Å². The molecule has 1 unspecified atom stereocenters. The molecule has 5 nitrogen and oxygen atoms in total. The minimum absolute atomic E-state index is 0.0227. The molecular weight excluding hydrogens is 334 g/mol. The molecule has 0 aliphatic carbocycles. The zero-order chi connectivity index (χ0) is 17.6. The Hall–Kier alpha value is -2.08. The molecule has 1 atom stereocenters. The summed E-state index contributed by atoms with van der Waals surface area (Å²) in [6.07, 6.45) is 4.61. The van der Waals surface area contributed by atoms with Crippen molar-refractivity contribution in [3.63, 3.8) is 0 Å². The molecule has 3 rings (SSSR count). The van der Waals surface area contributed by atoms with E-state index in [1.807, 2.05) is 46.2 Å². The molecule has 1 N–H and O–H groups in total. The van der Waals surface area contributed by atoms with E-state index in [9.17, 15) is 9.59 Å². The van der Waals surface area contributed by atoms with Gasteiger partial charge < -0.3 is 14.8 Å². The molecule has 6 heteroatoms. The van der Waals surface area contributed by atoms with Gasteiger partial charge in [-0.3, -0.25) is 9.59 Å². The van der Waals surface area contributed by atoms with Crippen LogP contribution in [0.4, 0.5) is 0 Å². The van der Waals surface area contributed by atoms with Crippen molar-refractivity contribution in [3.05, 3.63) is 46.4 Å². The number of carbonyl (C=O) groups excluding carboxylic acids is 2. The molecule has 1 saturated heterocycles. The van der Waals surface area contributed by atoms with Gasteiger partial charge in [0, 0.05) is 30.7 Å². The van der Waals surface area contributed by atoms with Gasteiger partial charge in [-0.2, -0.15) is 0 Å². The molecule has 0 saturated carbocycles. The Labute approximate surface area is 152 Å². The van der Waals surface area contributed by atoms with Crippen LogP contribution in [0.15, 0.2) is 35.8 Å². The quantitative estimate of drug-likeness (QED) is 0.862. The van der Waals surface area contributed by atoms with Crippen LogP contribution < -0.4 is 5.32 Å². The van der Waals surface area contributed by atoms with Gasteiger partial charge in [-0.25, -0.2) is 0 Å². The van der Waals surface area contributed by atoms with E-state index in [1.54, 1.807) is 11.3 Å². The van der Waals surface area contributed by atoms with Gasteiger partial charge in [0.25, 0.3) is 5.91 Å². The van der Waals surface area contributed by atoms with Crippen molar-refractivity contribution in [2.75, 3.05) is 19.6 Å². The Bertz CT molecular complexity index is 708. The number of rotatable bonds is 6. The fourth-order valence-corrected chi connectivity index (χ4v) is 3.95. The van der Waals surface area contributed by atoms with Crippen LogP contribution in [0.3, 0.4) is 0 Å². The predicted octanol–water partition coefficient (Wildman–Crippen LogP) is 2.98. The number of aromatic nitrogens is 1. The van der Waals surface area contributed by atoms with Crippen molar-refractivity contribution in [2.45, 2.75) is 32.7 Å². The smallest absolute Gasteiger partial charge is 0.270 e. The highest BCUT2D eigenvalue weighted by atomic mass is 32.1. The lowest BCUT2D eigenvalue weighted by Crippen LogP contribution is -2.46. The highest BCUT2D eigenvalue weighted by molar-refractivity contribution is 7.09. The van der Waals surface area contributed by atoms with Gasteiger partial charge in [0.1, 0.15) is 5.69 Å². The first kappa shape index (κ1) is 17.7. The number of hydrogen-bond donors (Lipinski definition) is 1. The number of amides is 2. The van der Waals surface area contributed by atoms with Crippen molar-refractivity contribution in [2.24, 2.45) is 5.92 Å². The lowest BCUT2D eigenvalue weighted by atomic mass is 9.97. The summed E-state index contributed by atoms with van der Waals surface area (Å²) >= 11 is 1.69. The zero-order valence-corrected chi connectivity index (χ0v) is 15.4. The summed E-state index contributed by atoms with van der Waals surface area (Å²) in [5, 5.41) is 5.00. The molecule has 1 fully saturated rings. The summed E-state index contributed by atoms with van der Waals surface area (Å²) in [6.45, 7) is 4.69. The molecule has 2 aromatic heterocycles. The summed E-state index contributed by atoms with van der Waals surface area (Å²) in [6, 6.07) is 7.88. The number of thiophene rings is 1. The van der Waals surface area contributed by atoms with E-state index < -0.39 is 0 Å². The van der Waals surface area contributed by atoms with E-state index in [0.29, 0.717) is 25.3 Å². The third-order valence-corrected chi connectivity index (χ3v) is 5.44. The summed E-state index contributed by atoms with van der Waals surface area (Å²) in [5.41, 5.74) is 0.697. The Morgan fingerprint density at radius 2 is 2.20 bits per heavy atom. The third kappa shape index (κ3) is 4.31. The topological polar surface area (TPSA) is 54.3 Å². The van der Waals surface area contributed by atoms with Gasteiger partial charge in [0.15, 0.2) is 0 Å². The van der Waals surface area contributed by atoms with Crippen molar-refractivity contribution in [1.82, 2.24) is 14.8 Å². The van der Waals surface area contributed by atoms with Crippen molar-refractivity contribution in [3.8, 4) is 0 Å². The van der Waals surface area contributed by atoms with Gasteiger partial charge in [-0.05, 0) is 42.8 Å². The minimum Gasteiger partial charge on any atom is -0.356 e. The molecule has 2 amide bonds. The Balaban J connectivity index is 1.66. The summed E-state index contributed by atoms with van der Waals surface area (Å²) < 4.78 is 1.99. The molecular formula is C19H25N3O2S. The molecule has 1 aliphatic heterocycles. The molecule has 0 radical (unpaired) electrons. The molecule has 0 aromatic carbocycles. The fraction of sp³-hybridized carbons (Fsp3) is 0.474. The second-order valence-corrected chi connectivity index (χ2v) is 7.51. The molecule has 0 spiro atoms. The van der Waals surface area contributed by atoms with Crippen LogP contribution in [-0.4, -0.2) is 40.9 Å². The highest BCUT2D eigenvalue weighted by Crippen LogP contribution is 2.20. The first-order chi connectivity index (χ1) is 12.2. The van der Waals surface area contributed by atoms with Gasteiger partial charge in [-0.1, -0.05) is 13.0 Å². The van der Waals surface area contributed by atoms with Crippen LogP contribution in [-0.2, 0) is 11.3 Å². The SMILES string of the molecule is CCCNC(=O)C1CCCN(C(=O)c2cccn2Cc2cccs2)C1.